The molecule has 1 aliphatic heterocycles. The minimum absolute atomic E-state index is 0.131. The van der Waals surface area contributed by atoms with Crippen molar-refractivity contribution in [2.75, 3.05) is 13.2 Å². The molecular formula is C23H24FN3O4. The van der Waals surface area contributed by atoms with E-state index in [1.54, 1.807) is 25.3 Å². The molecule has 0 bridgehead atoms. The summed E-state index contributed by atoms with van der Waals surface area (Å²) in [7, 11) is 0. The van der Waals surface area contributed by atoms with E-state index in [9.17, 15) is 19.2 Å². The number of halogens is 1. The highest BCUT2D eigenvalue weighted by atomic mass is 19.1. The third-order valence-corrected chi connectivity index (χ3v) is 5.45. The normalized spacial score (nSPS) is 13.6. The van der Waals surface area contributed by atoms with Crippen LogP contribution in [0.5, 0.6) is 0 Å². The molecule has 8 heteroatoms. The number of hydrogen-bond acceptors (Lipinski definition) is 5. The van der Waals surface area contributed by atoms with Crippen LogP contribution < -0.4 is 0 Å². The maximum Gasteiger partial charge on any atom is 0.296 e. The third-order valence-electron chi connectivity index (χ3n) is 5.45. The molecule has 0 spiro atoms. The van der Waals surface area contributed by atoms with Gasteiger partial charge in [0.25, 0.3) is 5.91 Å². The predicted molar refractivity (Wildman–Crippen MR) is 111 cm³/mol. The molecule has 4 rings (SSSR count). The van der Waals surface area contributed by atoms with E-state index in [0.29, 0.717) is 44.1 Å². The van der Waals surface area contributed by atoms with E-state index in [1.807, 2.05) is 10.8 Å². The summed E-state index contributed by atoms with van der Waals surface area (Å²) in [4.78, 5) is 27.8. The lowest BCUT2D eigenvalue weighted by molar-refractivity contribution is -0.117. The number of fused-ring (bicyclic) bond motifs is 3. The number of ketones is 1. The SMILES string of the molecule is CC(=O)CCCOCc1cn(Cc2ccc(F)cc2)c2cnc3c(c12)CCN(O)C3=O. The number of aromatic nitrogens is 2. The van der Waals surface area contributed by atoms with Crippen molar-refractivity contribution in [1.82, 2.24) is 14.6 Å². The number of hydroxylamine groups is 2. The van der Waals surface area contributed by atoms with Crippen molar-refractivity contribution < 1.29 is 23.9 Å². The van der Waals surface area contributed by atoms with Gasteiger partial charge >= 0.3 is 0 Å². The average Bonchev–Trinajstić information content (AvgIpc) is 3.09. The Balaban J connectivity index is 1.68. The van der Waals surface area contributed by atoms with Crippen molar-refractivity contribution in [3.05, 3.63) is 64.9 Å². The molecule has 31 heavy (non-hydrogen) atoms. The van der Waals surface area contributed by atoms with Gasteiger partial charge in [0.2, 0.25) is 0 Å². The van der Waals surface area contributed by atoms with E-state index in [-0.39, 0.29) is 23.8 Å². The van der Waals surface area contributed by atoms with Gasteiger partial charge in [0, 0.05) is 36.7 Å². The summed E-state index contributed by atoms with van der Waals surface area (Å²) >= 11 is 0. The maximum atomic E-state index is 13.3. The zero-order valence-corrected chi connectivity index (χ0v) is 17.3. The molecule has 0 radical (unpaired) electrons. The predicted octanol–water partition coefficient (Wildman–Crippen LogP) is 3.50. The number of benzene rings is 1. The molecule has 3 heterocycles. The van der Waals surface area contributed by atoms with Gasteiger partial charge in [-0.3, -0.25) is 10.0 Å². The minimum atomic E-state index is -0.511. The summed E-state index contributed by atoms with van der Waals surface area (Å²) in [5.41, 5.74) is 3.75. The standard InChI is InChI=1S/C23H24FN3O4/c1-15(28)3-2-10-31-14-17-13-26(12-16-4-6-18(24)7-5-16)20-11-25-22-19(21(17)20)8-9-27(30)23(22)29/h4-7,11,13,30H,2-3,8-10,12,14H2,1H3. The van der Waals surface area contributed by atoms with Crippen LogP contribution in [0.2, 0.25) is 0 Å². The van der Waals surface area contributed by atoms with Crippen LogP contribution in [0, 0.1) is 5.82 Å². The molecule has 7 nitrogen and oxygen atoms in total. The zero-order valence-electron chi connectivity index (χ0n) is 17.3. The van der Waals surface area contributed by atoms with Crippen molar-refractivity contribution in [3.63, 3.8) is 0 Å². The van der Waals surface area contributed by atoms with Crippen molar-refractivity contribution in [2.24, 2.45) is 0 Å². The van der Waals surface area contributed by atoms with Crippen LogP contribution in [-0.2, 0) is 29.1 Å². The molecule has 1 N–H and O–H groups in total. The third kappa shape index (κ3) is 4.50. The van der Waals surface area contributed by atoms with Crippen LogP contribution in [0.15, 0.2) is 36.7 Å². The lowest BCUT2D eigenvalue weighted by Crippen LogP contribution is -2.35. The van der Waals surface area contributed by atoms with Gasteiger partial charge in [0.05, 0.1) is 24.9 Å². The molecule has 0 saturated carbocycles. The van der Waals surface area contributed by atoms with Crippen molar-refractivity contribution in [1.29, 1.82) is 0 Å². The fourth-order valence-electron chi connectivity index (χ4n) is 3.94. The number of hydrogen-bond donors (Lipinski definition) is 1. The van der Waals surface area contributed by atoms with Crippen LogP contribution in [0.3, 0.4) is 0 Å². The van der Waals surface area contributed by atoms with Gasteiger partial charge < -0.3 is 14.1 Å². The number of Topliss-reactive ketones (excluding diaryl/α,β-unsaturated/α-hetero) is 1. The summed E-state index contributed by atoms with van der Waals surface area (Å²) in [6, 6.07) is 6.32. The van der Waals surface area contributed by atoms with Crippen molar-refractivity contribution >= 4 is 22.6 Å². The number of nitrogens with zero attached hydrogens (tertiary/aromatic N) is 3. The fraction of sp³-hybridized carbons (Fsp3) is 0.348. The second-order valence-corrected chi connectivity index (χ2v) is 7.79. The molecule has 1 aliphatic rings. The van der Waals surface area contributed by atoms with E-state index in [4.69, 9.17) is 4.74 Å². The Morgan fingerprint density at radius 2 is 2.06 bits per heavy atom. The number of amides is 1. The monoisotopic (exact) mass is 425 g/mol. The highest BCUT2D eigenvalue weighted by Gasteiger charge is 2.28. The number of carbonyl (C=O) groups excluding carboxylic acids is 2. The van der Waals surface area contributed by atoms with Gasteiger partial charge in [0.1, 0.15) is 17.3 Å². The average molecular weight is 425 g/mol. The lowest BCUT2D eigenvalue weighted by atomic mass is 9.99. The van der Waals surface area contributed by atoms with Crippen LogP contribution in [-0.4, -0.2) is 44.7 Å². The number of pyridine rings is 1. The Kier molecular flexibility index (Phi) is 6.11. The molecule has 0 aliphatic carbocycles. The minimum Gasteiger partial charge on any atom is -0.377 e. The molecule has 162 valence electrons. The Labute approximate surface area is 179 Å². The number of ether oxygens (including phenoxy) is 1. The Morgan fingerprint density at radius 3 is 2.81 bits per heavy atom. The lowest BCUT2D eigenvalue weighted by Gasteiger charge is -2.23. The first-order chi connectivity index (χ1) is 14.9. The second-order valence-electron chi connectivity index (χ2n) is 7.79. The fourth-order valence-corrected chi connectivity index (χ4v) is 3.94. The summed E-state index contributed by atoms with van der Waals surface area (Å²) in [6.07, 6.45) is 5.22. The van der Waals surface area contributed by atoms with E-state index in [0.717, 1.165) is 27.6 Å². The topological polar surface area (TPSA) is 84.7 Å². The molecule has 1 aromatic carbocycles. The highest BCUT2D eigenvalue weighted by Crippen LogP contribution is 2.31. The van der Waals surface area contributed by atoms with E-state index in [2.05, 4.69) is 4.98 Å². The molecule has 0 unspecified atom stereocenters. The quantitative estimate of drug-likeness (QED) is 0.441. The first-order valence-electron chi connectivity index (χ1n) is 10.3. The molecule has 0 atom stereocenters. The number of rotatable bonds is 8. The van der Waals surface area contributed by atoms with Crippen LogP contribution in [0.4, 0.5) is 4.39 Å². The Morgan fingerprint density at radius 1 is 1.29 bits per heavy atom. The van der Waals surface area contributed by atoms with E-state index >= 15 is 0 Å². The largest absolute Gasteiger partial charge is 0.377 e. The molecule has 3 aromatic rings. The van der Waals surface area contributed by atoms with Crippen molar-refractivity contribution in [3.8, 4) is 0 Å². The number of carbonyl (C=O) groups is 2. The van der Waals surface area contributed by atoms with Crippen LogP contribution in [0.1, 0.15) is 46.9 Å². The first kappa shape index (κ1) is 21.1. The van der Waals surface area contributed by atoms with Crippen LogP contribution >= 0.6 is 0 Å². The molecule has 1 amide bonds. The van der Waals surface area contributed by atoms with Gasteiger partial charge in [-0.05, 0) is 43.0 Å². The maximum absolute atomic E-state index is 13.3. The summed E-state index contributed by atoms with van der Waals surface area (Å²) in [5.74, 6) is -0.668. The van der Waals surface area contributed by atoms with Gasteiger partial charge in [-0.1, -0.05) is 12.1 Å². The van der Waals surface area contributed by atoms with E-state index < -0.39 is 5.91 Å². The molecular weight excluding hydrogens is 401 g/mol. The smallest absolute Gasteiger partial charge is 0.296 e. The summed E-state index contributed by atoms with van der Waals surface area (Å²) in [6.45, 7) is 3.07. The Bertz CT molecular complexity index is 1120. The highest BCUT2D eigenvalue weighted by molar-refractivity contribution is 6.00. The summed E-state index contributed by atoms with van der Waals surface area (Å²) in [5, 5.41) is 11.4. The van der Waals surface area contributed by atoms with Crippen LogP contribution in [0.25, 0.3) is 10.9 Å². The van der Waals surface area contributed by atoms with Gasteiger partial charge in [-0.15, -0.1) is 0 Å². The second kappa shape index (κ2) is 8.95. The molecule has 0 fully saturated rings. The zero-order chi connectivity index (χ0) is 22.0. The summed E-state index contributed by atoms with van der Waals surface area (Å²) < 4.78 is 21.1. The molecule has 2 aromatic heterocycles. The van der Waals surface area contributed by atoms with Gasteiger partial charge in [-0.25, -0.2) is 14.4 Å². The van der Waals surface area contributed by atoms with Gasteiger partial charge in [0.15, 0.2) is 0 Å². The van der Waals surface area contributed by atoms with E-state index in [1.165, 1.54) is 12.1 Å². The molecule has 0 saturated heterocycles. The first-order valence-corrected chi connectivity index (χ1v) is 10.3. The van der Waals surface area contributed by atoms with Gasteiger partial charge in [-0.2, -0.15) is 0 Å². The Hall–Kier alpha value is -3.10. The van der Waals surface area contributed by atoms with Crippen molar-refractivity contribution in [2.45, 2.75) is 39.3 Å².